The molecule has 0 unspecified atom stereocenters. The third-order valence-corrected chi connectivity index (χ3v) is 5.11. The zero-order valence-electron chi connectivity index (χ0n) is 11.2. The van der Waals surface area contributed by atoms with Crippen LogP contribution in [0.3, 0.4) is 0 Å². The molecule has 102 valence electrons. The molecule has 1 aromatic heterocycles. The molecular formula is C16H15NO2S. The Morgan fingerprint density at radius 2 is 1.60 bits per heavy atom. The van der Waals surface area contributed by atoms with Crippen LogP contribution in [-0.4, -0.2) is 13.0 Å². The third-order valence-electron chi connectivity index (χ3n) is 3.43. The maximum absolute atomic E-state index is 12.4. The lowest BCUT2D eigenvalue weighted by molar-refractivity contribution is 0.595. The first kappa shape index (κ1) is 12.9. The molecule has 0 aliphatic rings. The van der Waals surface area contributed by atoms with Crippen molar-refractivity contribution in [1.82, 2.24) is 4.57 Å². The summed E-state index contributed by atoms with van der Waals surface area (Å²) in [5, 5.41) is 0.995. The summed E-state index contributed by atoms with van der Waals surface area (Å²) in [5.41, 5.74) is 1.89. The van der Waals surface area contributed by atoms with Crippen molar-refractivity contribution in [1.29, 1.82) is 0 Å². The van der Waals surface area contributed by atoms with Gasteiger partial charge >= 0.3 is 0 Å². The molecule has 2 aromatic carbocycles. The minimum atomic E-state index is -3.30. The standard InChI is InChI=1S/C16H15NO2S/c1-17-11-13(15-9-5-6-10-16(15)17)12-20(18,19)14-7-3-2-4-8-14/h2-11H,12H2,1H3. The fraction of sp³-hybridized carbons (Fsp3) is 0.125. The number of sulfone groups is 1. The molecule has 3 rings (SSSR count). The Hall–Kier alpha value is -2.07. The van der Waals surface area contributed by atoms with E-state index in [2.05, 4.69) is 0 Å². The van der Waals surface area contributed by atoms with Gasteiger partial charge in [-0.05, 0) is 23.8 Å². The maximum atomic E-state index is 12.4. The molecule has 0 N–H and O–H groups in total. The smallest absolute Gasteiger partial charge is 0.182 e. The van der Waals surface area contributed by atoms with Crippen LogP contribution in [0, 0.1) is 0 Å². The van der Waals surface area contributed by atoms with E-state index in [0.29, 0.717) is 4.90 Å². The predicted molar refractivity (Wildman–Crippen MR) is 80.3 cm³/mol. The lowest BCUT2D eigenvalue weighted by Crippen LogP contribution is -2.04. The highest BCUT2D eigenvalue weighted by Gasteiger charge is 2.17. The molecule has 0 aliphatic carbocycles. The summed E-state index contributed by atoms with van der Waals surface area (Å²) in [4.78, 5) is 0.368. The molecule has 0 saturated heterocycles. The normalized spacial score (nSPS) is 11.8. The van der Waals surface area contributed by atoms with Gasteiger partial charge in [0.1, 0.15) is 0 Å². The fourth-order valence-corrected chi connectivity index (χ4v) is 3.83. The van der Waals surface area contributed by atoms with Gasteiger partial charge in [0.15, 0.2) is 9.84 Å². The van der Waals surface area contributed by atoms with Gasteiger partial charge in [-0.15, -0.1) is 0 Å². The van der Waals surface area contributed by atoms with Crippen molar-refractivity contribution in [2.75, 3.05) is 0 Å². The van der Waals surface area contributed by atoms with Crippen LogP contribution in [0.4, 0.5) is 0 Å². The van der Waals surface area contributed by atoms with E-state index >= 15 is 0 Å². The van der Waals surface area contributed by atoms with E-state index in [0.717, 1.165) is 16.5 Å². The van der Waals surface area contributed by atoms with Gasteiger partial charge < -0.3 is 4.57 Å². The average Bonchev–Trinajstić information content (AvgIpc) is 2.76. The number of aromatic nitrogens is 1. The van der Waals surface area contributed by atoms with Gasteiger partial charge in [0.05, 0.1) is 10.6 Å². The zero-order valence-corrected chi connectivity index (χ0v) is 12.0. The monoisotopic (exact) mass is 285 g/mol. The quantitative estimate of drug-likeness (QED) is 0.741. The summed E-state index contributed by atoms with van der Waals surface area (Å²) in [6, 6.07) is 16.4. The van der Waals surface area contributed by atoms with Gasteiger partial charge in [0, 0.05) is 24.1 Å². The van der Waals surface area contributed by atoms with Crippen molar-refractivity contribution in [3.05, 3.63) is 66.4 Å². The van der Waals surface area contributed by atoms with E-state index in [1.165, 1.54) is 0 Å². The molecule has 3 nitrogen and oxygen atoms in total. The van der Waals surface area contributed by atoms with Crippen molar-refractivity contribution < 1.29 is 8.42 Å². The number of nitrogens with zero attached hydrogens (tertiary/aromatic N) is 1. The summed E-state index contributed by atoms with van der Waals surface area (Å²) < 4.78 is 26.9. The number of para-hydroxylation sites is 1. The first-order valence-electron chi connectivity index (χ1n) is 6.39. The molecule has 0 spiro atoms. The summed E-state index contributed by atoms with van der Waals surface area (Å²) in [5.74, 6) is 0.0262. The van der Waals surface area contributed by atoms with Gasteiger partial charge in [-0.3, -0.25) is 0 Å². The summed E-state index contributed by atoms with van der Waals surface area (Å²) in [6.07, 6.45) is 1.89. The molecule has 3 aromatic rings. The average molecular weight is 285 g/mol. The maximum Gasteiger partial charge on any atom is 0.182 e. The largest absolute Gasteiger partial charge is 0.350 e. The van der Waals surface area contributed by atoms with Crippen molar-refractivity contribution >= 4 is 20.7 Å². The van der Waals surface area contributed by atoms with Crippen LogP contribution in [0.1, 0.15) is 5.56 Å². The van der Waals surface area contributed by atoms with Crippen LogP contribution in [0.15, 0.2) is 65.7 Å². The van der Waals surface area contributed by atoms with E-state index in [1.807, 2.05) is 48.1 Å². The molecular weight excluding hydrogens is 270 g/mol. The SMILES string of the molecule is Cn1cc(CS(=O)(=O)c2ccccc2)c2ccccc21. The van der Waals surface area contributed by atoms with Crippen LogP contribution in [0.25, 0.3) is 10.9 Å². The second-order valence-electron chi connectivity index (χ2n) is 4.85. The Morgan fingerprint density at radius 3 is 2.35 bits per heavy atom. The van der Waals surface area contributed by atoms with Crippen molar-refractivity contribution in [2.24, 2.45) is 7.05 Å². The molecule has 0 aliphatic heterocycles. The van der Waals surface area contributed by atoms with Crippen LogP contribution < -0.4 is 0 Å². The molecule has 20 heavy (non-hydrogen) atoms. The molecule has 1 heterocycles. The van der Waals surface area contributed by atoms with Crippen LogP contribution in [0.5, 0.6) is 0 Å². The highest BCUT2D eigenvalue weighted by atomic mass is 32.2. The Balaban J connectivity index is 2.06. The number of benzene rings is 2. The van der Waals surface area contributed by atoms with E-state index in [4.69, 9.17) is 0 Å². The van der Waals surface area contributed by atoms with Gasteiger partial charge in [-0.25, -0.2) is 8.42 Å². The highest BCUT2D eigenvalue weighted by Crippen LogP contribution is 2.24. The van der Waals surface area contributed by atoms with Crippen LogP contribution >= 0.6 is 0 Å². The Bertz CT molecular complexity index is 849. The van der Waals surface area contributed by atoms with E-state index in [1.54, 1.807) is 24.3 Å². The number of aryl methyl sites for hydroxylation is 1. The van der Waals surface area contributed by atoms with E-state index in [9.17, 15) is 8.42 Å². The third kappa shape index (κ3) is 2.23. The molecule has 4 heteroatoms. The van der Waals surface area contributed by atoms with Crippen LogP contribution in [0.2, 0.25) is 0 Å². The first-order chi connectivity index (χ1) is 9.58. The second kappa shape index (κ2) is 4.80. The number of hydrogen-bond acceptors (Lipinski definition) is 2. The number of rotatable bonds is 3. The topological polar surface area (TPSA) is 39.1 Å². The Kier molecular flexibility index (Phi) is 3.10. The van der Waals surface area contributed by atoms with Crippen LogP contribution in [-0.2, 0) is 22.6 Å². The van der Waals surface area contributed by atoms with Gasteiger partial charge in [-0.1, -0.05) is 36.4 Å². The molecule has 0 fully saturated rings. The Labute approximate surface area is 118 Å². The second-order valence-corrected chi connectivity index (χ2v) is 6.84. The molecule has 0 saturated carbocycles. The van der Waals surface area contributed by atoms with Gasteiger partial charge in [0.25, 0.3) is 0 Å². The summed E-state index contributed by atoms with van der Waals surface area (Å²) in [7, 11) is -1.37. The minimum absolute atomic E-state index is 0.0262. The first-order valence-corrected chi connectivity index (χ1v) is 8.04. The molecule has 0 amide bonds. The van der Waals surface area contributed by atoms with Gasteiger partial charge in [-0.2, -0.15) is 0 Å². The highest BCUT2D eigenvalue weighted by molar-refractivity contribution is 7.90. The fourth-order valence-electron chi connectivity index (χ4n) is 2.46. The number of hydrogen-bond donors (Lipinski definition) is 0. The predicted octanol–water partition coefficient (Wildman–Crippen LogP) is 3.15. The zero-order chi connectivity index (χ0) is 14.2. The molecule has 0 radical (unpaired) electrons. The van der Waals surface area contributed by atoms with E-state index in [-0.39, 0.29) is 5.75 Å². The summed E-state index contributed by atoms with van der Waals surface area (Å²) >= 11 is 0. The van der Waals surface area contributed by atoms with E-state index < -0.39 is 9.84 Å². The molecule has 0 bridgehead atoms. The Morgan fingerprint density at radius 1 is 0.950 bits per heavy atom. The number of fused-ring (bicyclic) bond motifs is 1. The lowest BCUT2D eigenvalue weighted by Gasteiger charge is -2.03. The minimum Gasteiger partial charge on any atom is -0.350 e. The lowest BCUT2D eigenvalue weighted by atomic mass is 10.2. The van der Waals surface area contributed by atoms with Crippen molar-refractivity contribution in [3.8, 4) is 0 Å². The van der Waals surface area contributed by atoms with Crippen molar-refractivity contribution in [2.45, 2.75) is 10.6 Å². The van der Waals surface area contributed by atoms with Gasteiger partial charge in [0.2, 0.25) is 0 Å². The molecule has 0 atom stereocenters. The summed E-state index contributed by atoms with van der Waals surface area (Å²) in [6.45, 7) is 0. The van der Waals surface area contributed by atoms with Crippen molar-refractivity contribution in [3.63, 3.8) is 0 Å².